The summed E-state index contributed by atoms with van der Waals surface area (Å²) in [6.07, 6.45) is 3.59. The van der Waals surface area contributed by atoms with E-state index in [1.54, 1.807) is 6.20 Å². The quantitative estimate of drug-likeness (QED) is 0.934. The van der Waals surface area contributed by atoms with Gasteiger partial charge in [-0.3, -0.25) is 4.98 Å². The maximum atomic E-state index is 4.76. The number of nitrogens with zero attached hydrogens (tertiary/aromatic N) is 4. The molecule has 0 aliphatic carbocycles. The SMILES string of the molecule is CC(C)c1cc(N2CCNCC2)nc(-c2cccnc2)n1. The van der Waals surface area contributed by atoms with E-state index in [2.05, 4.69) is 35.1 Å². The fraction of sp³-hybridized carbons (Fsp3) is 0.438. The second-order valence-corrected chi connectivity index (χ2v) is 5.61. The van der Waals surface area contributed by atoms with Crippen LogP contribution in [0.4, 0.5) is 5.82 Å². The molecule has 2 aromatic heterocycles. The second-order valence-electron chi connectivity index (χ2n) is 5.61. The zero-order chi connectivity index (χ0) is 14.7. The first kappa shape index (κ1) is 13.9. The standard InChI is InChI=1S/C16H21N5/c1-12(2)14-10-15(21-8-6-17-7-9-21)20-16(19-14)13-4-3-5-18-11-13/h3-5,10-12,17H,6-9H2,1-2H3. The van der Waals surface area contributed by atoms with E-state index in [0.717, 1.165) is 49.1 Å². The predicted octanol–water partition coefficient (Wildman–Crippen LogP) is 2.07. The van der Waals surface area contributed by atoms with Crippen LogP contribution in [0.1, 0.15) is 25.5 Å². The number of nitrogens with one attached hydrogen (secondary N) is 1. The van der Waals surface area contributed by atoms with Crippen molar-refractivity contribution in [3.63, 3.8) is 0 Å². The molecule has 3 heterocycles. The van der Waals surface area contributed by atoms with E-state index in [1.165, 1.54) is 0 Å². The van der Waals surface area contributed by atoms with Gasteiger partial charge in [-0.25, -0.2) is 9.97 Å². The average Bonchev–Trinajstić information content (AvgIpc) is 2.56. The van der Waals surface area contributed by atoms with Gasteiger partial charge in [0.1, 0.15) is 5.82 Å². The molecule has 1 N–H and O–H groups in total. The van der Waals surface area contributed by atoms with E-state index in [-0.39, 0.29) is 0 Å². The number of aromatic nitrogens is 3. The molecule has 3 rings (SSSR count). The minimum Gasteiger partial charge on any atom is -0.354 e. The summed E-state index contributed by atoms with van der Waals surface area (Å²) in [4.78, 5) is 16.0. The average molecular weight is 283 g/mol. The zero-order valence-corrected chi connectivity index (χ0v) is 12.6. The molecule has 1 aliphatic rings. The molecule has 1 aliphatic heterocycles. The molecule has 2 aromatic rings. The highest BCUT2D eigenvalue weighted by atomic mass is 15.2. The first-order valence-electron chi connectivity index (χ1n) is 7.49. The molecule has 1 saturated heterocycles. The molecule has 5 heteroatoms. The predicted molar refractivity (Wildman–Crippen MR) is 84.4 cm³/mol. The van der Waals surface area contributed by atoms with Gasteiger partial charge in [0, 0.05) is 55.9 Å². The van der Waals surface area contributed by atoms with Gasteiger partial charge in [0.25, 0.3) is 0 Å². The Bertz CT molecular complexity index is 591. The van der Waals surface area contributed by atoms with Gasteiger partial charge in [-0.1, -0.05) is 13.8 Å². The van der Waals surface area contributed by atoms with Crippen LogP contribution >= 0.6 is 0 Å². The van der Waals surface area contributed by atoms with Gasteiger partial charge in [0.15, 0.2) is 5.82 Å². The Morgan fingerprint density at radius 1 is 1.19 bits per heavy atom. The van der Waals surface area contributed by atoms with Crippen LogP contribution < -0.4 is 10.2 Å². The molecular weight excluding hydrogens is 262 g/mol. The molecular formula is C16H21N5. The van der Waals surface area contributed by atoms with E-state index < -0.39 is 0 Å². The Kier molecular flexibility index (Phi) is 4.10. The summed E-state index contributed by atoms with van der Waals surface area (Å²) in [6, 6.07) is 6.05. The van der Waals surface area contributed by atoms with Crippen LogP contribution in [0.2, 0.25) is 0 Å². The summed E-state index contributed by atoms with van der Waals surface area (Å²) in [5.74, 6) is 2.17. The monoisotopic (exact) mass is 283 g/mol. The molecule has 1 fully saturated rings. The van der Waals surface area contributed by atoms with Crippen molar-refractivity contribution < 1.29 is 0 Å². The number of anilines is 1. The fourth-order valence-electron chi connectivity index (χ4n) is 2.43. The molecule has 5 nitrogen and oxygen atoms in total. The lowest BCUT2D eigenvalue weighted by molar-refractivity contribution is 0.584. The molecule has 110 valence electrons. The molecule has 0 atom stereocenters. The van der Waals surface area contributed by atoms with E-state index in [9.17, 15) is 0 Å². The number of pyridine rings is 1. The topological polar surface area (TPSA) is 53.9 Å². The van der Waals surface area contributed by atoms with E-state index >= 15 is 0 Å². The van der Waals surface area contributed by atoms with Crippen LogP contribution in [0.25, 0.3) is 11.4 Å². The van der Waals surface area contributed by atoms with Crippen molar-refractivity contribution in [2.24, 2.45) is 0 Å². The highest BCUT2D eigenvalue weighted by Crippen LogP contribution is 2.23. The van der Waals surface area contributed by atoms with E-state index in [4.69, 9.17) is 9.97 Å². The maximum absolute atomic E-state index is 4.76. The molecule has 21 heavy (non-hydrogen) atoms. The Morgan fingerprint density at radius 2 is 2.00 bits per heavy atom. The lowest BCUT2D eigenvalue weighted by atomic mass is 10.1. The smallest absolute Gasteiger partial charge is 0.163 e. The Labute approximate surface area is 125 Å². The summed E-state index contributed by atoms with van der Waals surface area (Å²) in [5, 5.41) is 3.37. The summed E-state index contributed by atoms with van der Waals surface area (Å²) in [7, 11) is 0. The zero-order valence-electron chi connectivity index (χ0n) is 12.6. The Hall–Kier alpha value is -2.01. The lowest BCUT2D eigenvalue weighted by Crippen LogP contribution is -2.44. The highest BCUT2D eigenvalue weighted by Gasteiger charge is 2.16. The third kappa shape index (κ3) is 3.19. The van der Waals surface area contributed by atoms with Gasteiger partial charge < -0.3 is 10.2 Å². The van der Waals surface area contributed by atoms with Gasteiger partial charge in [0.2, 0.25) is 0 Å². The lowest BCUT2D eigenvalue weighted by Gasteiger charge is -2.29. The molecule has 0 radical (unpaired) electrons. The number of piperazine rings is 1. The van der Waals surface area contributed by atoms with Gasteiger partial charge in [0.05, 0.1) is 0 Å². The minimum absolute atomic E-state index is 0.380. The molecule has 0 amide bonds. The maximum Gasteiger partial charge on any atom is 0.163 e. The van der Waals surface area contributed by atoms with Gasteiger partial charge in [-0.05, 0) is 18.1 Å². The van der Waals surface area contributed by atoms with Crippen LogP contribution in [-0.4, -0.2) is 41.1 Å². The van der Waals surface area contributed by atoms with Crippen LogP contribution in [-0.2, 0) is 0 Å². The largest absolute Gasteiger partial charge is 0.354 e. The van der Waals surface area contributed by atoms with Crippen molar-refractivity contribution in [2.45, 2.75) is 19.8 Å². The molecule has 0 unspecified atom stereocenters. The summed E-state index contributed by atoms with van der Waals surface area (Å²) < 4.78 is 0. The Balaban J connectivity index is 2.01. The fourth-order valence-corrected chi connectivity index (χ4v) is 2.43. The van der Waals surface area contributed by atoms with Crippen LogP contribution in [0.5, 0.6) is 0 Å². The molecule has 0 aromatic carbocycles. The van der Waals surface area contributed by atoms with Crippen molar-refractivity contribution in [1.82, 2.24) is 20.3 Å². The third-order valence-electron chi connectivity index (χ3n) is 3.68. The second kappa shape index (κ2) is 6.18. The van der Waals surface area contributed by atoms with Crippen molar-refractivity contribution in [3.8, 4) is 11.4 Å². The molecule has 0 spiro atoms. The van der Waals surface area contributed by atoms with Gasteiger partial charge >= 0.3 is 0 Å². The first-order valence-corrected chi connectivity index (χ1v) is 7.49. The van der Waals surface area contributed by atoms with Crippen molar-refractivity contribution in [1.29, 1.82) is 0 Å². The van der Waals surface area contributed by atoms with Crippen LogP contribution in [0.15, 0.2) is 30.6 Å². The summed E-state index contributed by atoms with van der Waals surface area (Å²) in [5.41, 5.74) is 2.05. The van der Waals surface area contributed by atoms with E-state index in [0.29, 0.717) is 5.92 Å². The minimum atomic E-state index is 0.380. The molecule has 0 saturated carbocycles. The van der Waals surface area contributed by atoms with Crippen molar-refractivity contribution in [2.75, 3.05) is 31.1 Å². The first-order chi connectivity index (χ1) is 10.2. The van der Waals surface area contributed by atoms with Gasteiger partial charge in [-0.2, -0.15) is 0 Å². The van der Waals surface area contributed by atoms with Crippen LogP contribution in [0.3, 0.4) is 0 Å². The number of rotatable bonds is 3. The summed E-state index contributed by atoms with van der Waals surface area (Å²) in [6.45, 7) is 8.31. The van der Waals surface area contributed by atoms with Crippen molar-refractivity contribution in [3.05, 3.63) is 36.3 Å². The number of hydrogen-bond donors (Lipinski definition) is 1. The van der Waals surface area contributed by atoms with E-state index in [1.807, 2.05) is 18.3 Å². The van der Waals surface area contributed by atoms with Crippen molar-refractivity contribution >= 4 is 5.82 Å². The molecule has 0 bridgehead atoms. The Morgan fingerprint density at radius 3 is 2.67 bits per heavy atom. The number of hydrogen-bond acceptors (Lipinski definition) is 5. The van der Waals surface area contributed by atoms with Gasteiger partial charge in [-0.15, -0.1) is 0 Å². The third-order valence-corrected chi connectivity index (χ3v) is 3.68. The normalized spacial score (nSPS) is 15.5. The summed E-state index contributed by atoms with van der Waals surface area (Å²) >= 11 is 0. The van der Waals surface area contributed by atoms with Crippen LogP contribution in [0, 0.1) is 0 Å². The highest BCUT2D eigenvalue weighted by molar-refractivity contribution is 5.57.